The number of imidazole rings is 1. The van der Waals surface area contributed by atoms with Gasteiger partial charge in [0.05, 0.1) is 12.7 Å². The second kappa shape index (κ2) is 6.26. The average Bonchev–Trinajstić information content (AvgIpc) is 3.28. The minimum absolute atomic E-state index is 0.0268. The van der Waals surface area contributed by atoms with Crippen molar-refractivity contribution in [1.29, 1.82) is 0 Å². The Morgan fingerprint density at radius 1 is 1.20 bits per heavy atom. The molecule has 1 saturated heterocycles. The summed E-state index contributed by atoms with van der Waals surface area (Å²) in [5.74, 6) is 0.212. The Morgan fingerprint density at radius 2 is 2.00 bits per heavy atom. The van der Waals surface area contributed by atoms with Crippen LogP contribution < -0.4 is 16.6 Å². The number of carbonyl (C=O) groups excluding carboxylic acids is 2. The number of nitrogens with one attached hydrogen (secondary N) is 2. The minimum Gasteiger partial charge on any atom is -0.364 e. The zero-order valence-corrected chi connectivity index (χ0v) is 13.6. The van der Waals surface area contributed by atoms with Gasteiger partial charge in [0.2, 0.25) is 5.91 Å². The molecule has 4 N–H and O–H groups in total. The molecule has 1 fully saturated rings. The number of hydrazine groups is 1. The summed E-state index contributed by atoms with van der Waals surface area (Å²) in [5, 5.41) is 0. The Labute approximate surface area is 144 Å². The van der Waals surface area contributed by atoms with Gasteiger partial charge >= 0.3 is 0 Å². The lowest BCUT2D eigenvalue weighted by Gasteiger charge is -2.30. The molecule has 4 rings (SSSR count). The molecule has 9 nitrogen and oxygen atoms in total. The van der Waals surface area contributed by atoms with Crippen LogP contribution in [0.25, 0.3) is 0 Å². The normalized spacial score (nSPS) is 22.6. The molecule has 2 atom stereocenters. The van der Waals surface area contributed by atoms with Gasteiger partial charge < -0.3 is 15.2 Å². The van der Waals surface area contributed by atoms with E-state index in [-0.39, 0.29) is 18.0 Å². The van der Waals surface area contributed by atoms with Crippen LogP contribution in [-0.4, -0.2) is 43.8 Å². The first kappa shape index (κ1) is 15.7. The predicted octanol–water partition coefficient (Wildman–Crippen LogP) is -0.673. The van der Waals surface area contributed by atoms with Crippen LogP contribution in [0, 0.1) is 0 Å². The summed E-state index contributed by atoms with van der Waals surface area (Å²) in [6.07, 6.45) is 5.63. The molecule has 2 aliphatic rings. The van der Waals surface area contributed by atoms with Gasteiger partial charge in [-0.25, -0.2) is 15.8 Å². The summed E-state index contributed by atoms with van der Waals surface area (Å²) in [5.41, 5.74) is 13.1. The SMILES string of the molecule is NC(=O)c1cnc2n1CCN(C(=O)C1CC(c3ccncc3)NN1)C2. The van der Waals surface area contributed by atoms with Crippen LogP contribution in [-0.2, 0) is 17.9 Å². The van der Waals surface area contributed by atoms with Crippen molar-refractivity contribution in [1.82, 2.24) is 30.3 Å². The first-order valence-corrected chi connectivity index (χ1v) is 8.17. The maximum atomic E-state index is 12.8. The first-order chi connectivity index (χ1) is 12.1. The number of aromatic nitrogens is 3. The highest BCUT2D eigenvalue weighted by molar-refractivity contribution is 5.91. The summed E-state index contributed by atoms with van der Waals surface area (Å²) in [7, 11) is 0. The number of hydrogen-bond donors (Lipinski definition) is 3. The molecule has 25 heavy (non-hydrogen) atoms. The molecule has 2 amide bonds. The van der Waals surface area contributed by atoms with E-state index in [0.29, 0.717) is 37.6 Å². The molecule has 130 valence electrons. The molecular weight excluding hydrogens is 322 g/mol. The van der Waals surface area contributed by atoms with E-state index in [0.717, 1.165) is 5.56 Å². The van der Waals surface area contributed by atoms with Crippen LogP contribution in [0.3, 0.4) is 0 Å². The highest BCUT2D eigenvalue weighted by Crippen LogP contribution is 2.23. The molecule has 0 bridgehead atoms. The number of fused-ring (bicyclic) bond motifs is 1. The average molecular weight is 341 g/mol. The van der Waals surface area contributed by atoms with E-state index in [1.165, 1.54) is 6.20 Å². The Hall–Kier alpha value is -2.78. The molecule has 9 heteroatoms. The van der Waals surface area contributed by atoms with Crippen molar-refractivity contribution in [2.75, 3.05) is 6.54 Å². The fraction of sp³-hybridized carbons (Fsp3) is 0.375. The van der Waals surface area contributed by atoms with Gasteiger partial charge in [-0.2, -0.15) is 0 Å². The number of rotatable bonds is 3. The molecule has 0 spiro atoms. The Balaban J connectivity index is 1.43. The number of amides is 2. The second-order valence-electron chi connectivity index (χ2n) is 6.25. The predicted molar refractivity (Wildman–Crippen MR) is 87.8 cm³/mol. The standard InChI is InChI=1S/C16H19N7O2/c17-15(24)13-8-19-14-9-22(5-6-23(13)14)16(25)12-7-11(20-21-12)10-1-3-18-4-2-10/h1-4,8,11-12,20-21H,5-7,9H2,(H2,17,24). The Bertz CT molecular complexity index is 804. The third-order valence-corrected chi connectivity index (χ3v) is 4.74. The van der Waals surface area contributed by atoms with Crippen LogP contribution in [0.2, 0.25) is 0 Å². The van der Waals surface area contributed by atoms with Gasteiger partial charge in [-0.1, -0.05) is 0 Å². The van der Waals surface area contributed by atoms with Gasteiger partial charge in [0.1, 0.15) is 17.6 Å². The maximum absolute atomic E-state index is 12.8. The number of primary amides is 1. The van der Waals surface area contributed by atoms with Crippen molar-refractivity contribution >= 4 is 11.8 Å². The van der Waals surface area contributed by atoms with Crippen molar-refractivity contribution in [3.63, 3.8) is 0 Å². The molecule has 0 radical (unpaired) electrons. The number of pyridine rings is 1. The van der Waals surface area contributed by atoms with Crippen molar-refractivity contribution in [3.05, 3.63) is 47.8 Å². The van der Waals surface area contributed by atoms with Crippen molar-refractivity contribution in [2.24, 2.45) is 5.73 Å². The number of nitrogens with zero attached hydrogens (tertiary/aromatic N) is 4. The van der Waals surface area contributed by atoms with Crippen LogP contribution in [0.5, 0.6) is 0 Å². The van der Waals surface area contributed by atoms with Crippen molar-refractivity contribution in [3.8, 4) is 0 Å². The van der Waals surface area contributed by atoms with Crippen LogP contribution in [0.4, 0.5) is 0 Å². The van der Waals surface area contributed by atoms with Crippen LogP contribution in [0.1, 0.15) is 34.3 Å². The van der Waals surface area contributed by atoms with Gasteiger partial charge in [-0.3, -0.25) is 14.6 Å². The largest absolute Gasteiger partial charge is 0.364 e. The fourth-order valence-electron chi connectivity index (χ4n) is 3.40. The third kappa shape index (κ3) is 2.87. The maximum Gasteiger partial charge on any atom is 0.266 e. The summed E-state index contributed by atoms with van der Waals surface area (Å²) in [6, 6.07) is 3.66. The lowest BCUT2D eigenvalue weighted by atomic mass is 10.0. The summed E-state index contributed by atoms with van der Waals surface area (Å²) >= 11 is 0. The Morgan fingerprint density at radius 3 is 2.76 bits per heavy atom. The molecule has 2 aliphatic heterocycles. The molecule has 4 heterocycles. The van der Waals surface area contributed by atoms with E-state index in [2.05, 4.69) is 20.8 Å². The van der Waals surface area contributed by atoms with Gasteiger partial charge in [-0.15, -0.1) is 0 Å². The molecular formula is C16H19N7O2. The highest BCUT2D eigenvalue weighted by Gasteiger charge is 2.34. The monoisotopic (exact) mass is 341 g/mol. The van der Waals surface area contributed by atoms with Gasteiger partial charge in [0.15, 0.2) is 0 Å². The molecule has 2 aromatic heterocycles. The van der Waals surface area contributed by atoms with Crippen molar-refractivity contribution in [2.45, 2.75) is 31.6 Å². The number of nitrogens with two attached hydrogens (primary N) is 1. The van der Waals surface area contributed by atoms with Gasteiger partial charge in [0.25, 0.3) is 5.91 Å². The first-order valence-electron chi connectivity index (χ1n) is 8.17. The summed E-state index contributed by atoms with van der Waals surface area (Å²) < 4.78 is 1.78. The highest BCUT2D eigenvalue weighted by atomic mass is 16.2. The minimum atomic E-state index is -0.500. The molecule has 0 saturated carbocycles. The van der Waals surface area contributed by atoms with E-state index in [1.54, 1.807) is 21.9 Å². The lowest BCUT2D eigenvalue weighted by Crippen LogP contribution is -2.48. The summed E-state index contributed by atoms with van der Waals surface area (Å²) in [4.78, 5) is 34.2. The second-order valence-corrected chi connectivity index (χ2v) is 6.25. The van der Waals surface area contributed by atoms with Crippen LogP contribution >= 0.6 is 0 Å². The zero-order chi connectivity index (χ0) is 17.4. The van der Waals surface area contributed by atoms with E-state index < -0.39 is 5.91 Å². The van der Waals surface area contributed by atoms with Crippen LogP contribution in [0.15, 0.2) is 30.7 Å². The molecule has 2 unspecified atom stereocenters. The smallest absolute Gasteiger partial charge is 0.266 e. The lowest BCUT2D eigenvalue weighted by molar-refractivity contribution is -0.134. The van der Waals surface area contributed by atoms with E-state index in [1.807, 2.05) is 12.1 Å². The van der Waals surface area contributed by atoms with E-state index in [4.69, 9.17) is 5.73 Å². The van der Waals surface area contributed by atoms with Gasteiger partial charge in [0, 0.05) is 31.5 Å². The molecule has 2 aromatic rings. The van der Waals surface area contributed by atoms with Gasteiger partial charge in [-0.05, 0) is 24.1 Å². The zero-order valence-electron chi connectivity index (χ0n) is 13.6. The molecule has 0 aliphatic carbocycles. The Kier molecular flexibility index (Phi) is 3.94. The summed E-state index contributed by atoms with van der Waals surface area (Å²) in [6.45, 7) is 1.43. The number of carbonyl (C=O) groups is 2. The van der Waals surface area contributed by atoms with E-state index in [9.17, 15) is 9.59 Å². The fourth-order valence-corrected chi connectivity index (χ4v) is 3.40. The topological polar surface area (TPSA) is 118 Å². The molecule has 0 aromatic carbocycles. The quantitative estimate of drug-likeness (QED) is 0.681. The third-order valence-electron chi connectivity index (χ3n) is 4.74. The van der Waals surface area contributed by atoms with Crippen molar-refractivity contribution < 1.29 is 9.59 Å². The number of hydrogen-bond acceptors (Lipinski definition) is 6. The van der Waals surface area contributed by atoms with E-state index >= 15 is 0 Å².